The summed E-state index contributed by atoms with van der Waals surface area (Å²) >= 11 is 1.95. The molecule has 0 radical (unpaired) electrons. The summed E-state index contributed by atoms with van der Waals surface area (Å²) in [6.45, 7) is 10.4. The normalized spacial score (nSPS) is 24.9. The van der Waals surface area contributed by atoms with Gasteiger partial charge in [0.1, 0.15) is 0 Å². The van der Waals surface area contributed by atoms with Gasteiger partial charge in [-0.3, -0.25) is 4.90 Å². The average Bonchev–Trinajstić information content (AvgIpc) is 2.84. The standard InChI is InChI=1S/C15H26N2S/c1-5-7-17-8-6-13(10-16-4)15(17)14-9-11(2)18-12(14)3/h9,13,15-16H,5-8,10H2,1-4H3. The molecular weight excluding hydrogens is 240 g/mol. The van der Waals surface area contributed by atoms with Gasteiger partial charge in [0.2, 0.25) is 0 Å². The van der Waals surface area contributed by atoms with Crippen molar-refractivity contribution in [3.05, 3.63) is 21.4 Å². The van der Waals surface area contributed by atoms with Crippen molar-refractivity contribution >= 4 is 11.3 Å². The van der Waals surface area contributed by atoms with E-state index < -0.39 is 0 Å². The lowest BCUT2D eigenvalue weighted by Crippen LogP contribution is -2.29. The quantitative estimate of drug-likeness (QED) is 0.879. The van der Waals surface area contributed by atoms with Crippen molar-refractivity contribution < 1.29 is 0 Å². The van der Waals surface area contributed by atoms with Gasteiger partial charge in [-0.15, -0.1) is 11.3 Å². The SMILES string of the molecule is CCCN1CCC(CNC)C1c1cc(C)sc1C. The van der Waals surface area contributed by atoms with Crippen LogP contribution in [-0.2, 0) is 0 Å². The predicted molar refractivity (Wildman–Crippen MR) is 80.4 cm³/mol. The molecule has 2 atom stereocenters. The van der Waals surface area contributed by atoms with Gasteiger partial charge in [-0.2, -0.15) is 0 Å². The maximum Gasteiger partial charge on any atom is 0.0399 e. The van der Waals surface area contributed by atoms with Crippen LogP contribution in [0.15, 0.2) is 6.07 Å². The fourth-order valence-corrected chi connectivity index (χ4v) is 4.30. The minimum atomic E-state index is 0.641. The molecule has 1 saturated heterocycles. The van der Waals surface area contributed by atoms with E-state index in [1.807, 2.05) is 11.3 Å². The van der Waals surface area contributed by atoms with Gasteiger partial charge in [0.25, 0.3) is 0 Å². The van der Waals surface area contributed by atoms with Crippen molar-refractivity contribution in [2.75, 3.05) is 26.7 Å². The van der Waals surface area contributed by atoms with Crippen molar-refractivity contribution in [2.45, 2.75) is 39.7 Å². The summed E-state index contributed by atoms with van der Waals surface area (Å²) in [7, 11) is 2.07. The number of thiophene rings is 1. The molecule has 1 aromatic heterocycles. The summed E-state index contributed by atoms with van der Waals surface area (Å²) in [5, 5.41) is 3.38. The number of nitrogens with one attached hydrogen (secondary N) is 1. The summed E-state index contributed by atoms with van der Waals surface area (Å²) in [6.07, 6.45) is 2.59. The molecule has 0 amide bonds. The van der Waals surface area contributed by atoms with Crippen molar-refractivity contribution in [1.29, 1.82) is 0 Å². The van der Waals surface area contributed by atoms with Crippen LogP contribution < -0.4 is 5.32 Å². The molecular formula is C15H26N2S. The lowest BCUT2D eigenvalue weighted by atomic mass is 9.93. The third-order valence-corrected chi connectivity index (χ3v) is 4.98. The van der Waals surface area contributed by atoms with Crippen LogP contribution in [0.1, 0.15) is 41.1 Å². The van der Waals surface area contributed by atoms with E-state index in [1.165, 1.54) is 35.7 Å². The Morgan fingerprint density at radius 2 is 2.22 bits per heavy atom. The predicted octanol–water partition coefficient (Wildman–Crippen LogP) is 3.36. The zero-order valence-corrected chi connectivity index (χ0v) is 12.9. The lowest BCUT2D eigenvalue weighted by Gasteiger charge is -2.28. The second kappa shape index (κ2) is 6.18. The van der Waals surface area contributed by atoms with Crippen molar-refractivity contribution in [3.63, 3.8) is 0 Å². The molecule has 0 aliphatic carbocycles. The fraction of sp³-hybridized carbons (Fsp3) is 0.733. The van der Waals surface area contributed by atoms with E-state index in [1.54, 1.807) is 5.56 Å². The van der Waals surface area contributed by atoms with Crippen molar-refractivity contribution in [2.24, 2.45) is 5.92 Å². The van der Waals surface area contributed by atoms with E-state index in [0.29, 0.717) is 6.04 Å². The molecule has 1 fully saturated rings. The van der Waals surface area contributed by atoms with Gasteiger partial charge in [0.15, 0.2) is 0 Å². The van der Waals surface area contributed by atoms with Crippen LogP contribution >= 0.6 is 11.3 Å². The Morgan fingerprint density at radius 1 is 1.44 bits per heavy atom. The number of hydrogen-bond acceptors (Lipinski definition) is 3. The van der Waals surface area contributed by atoms with E-state index >= 15 is 0 Å². The van der Waals surface area contributed by atoms with Gasteiger partial charge in [0, 0.05) is 15.8 Å². The molecule has 1 aliphatic heterocycles. The zero-order valence-electron chi connectivity index (χ0n) is 12.1. The first-order valence-corrected chi connectivity index (χ1v) is 7.94. The van der Waals surface area contributed by atoms with Gasteiger partial charge >= 0.3 is 0 Å². The largest absolute Gasteiger partial charge is 0.319 e. The first kappa shape index (κ1) is 14.0. The molecule has 0 spiro atoms. The van der Waals surface area contributed by atoms with Crippen LogP contribution in [0.3, 0.4) is 0 Å². The lowest BCUT2D eigenvalue weighted by molar-refractivity contribution is 0.227. The van der Waals surface area contributed by atoms with Gasteiger partial charge in [0.05, 0.1) is 0 Å². The van der Waals surface area contributed by atoms with E-state index in [2.05, 4.69) is 44.1 Å². The van der Waals surface area contributed by atoms with E-state index in [-0.39, 0.29) is 0 Å². The minimum absolute atomic E-state index is 0.641. The monoisotopic (exact) mass is 266 g/mol. The molecule has 2 rings (SSSR count). The second-order valence-electron chi connectivity index (χ2n) is 5.46. The molecule has 0 saturated carbocycles. The molecule has 1 aromatic rings. The van der Waals surface area contributed by atoms with Crippen LogP contribution in [0.25, 0.3) is 0 Å². The molecule has 2 unspecified atom stereocenters. The highest BCUT2D eigenvalue weighted by Crippen LogP contribution is 2.40. The second-order valence-corrected chi connectivity index (χ2v) is 6.92. The van der Waals surface area contributed by atoms with Gasteiger partial charge in [-0.25, -0.2) is 0 Å². The summed E-state index contributed by atoms with van der Waals surface area (Å²) in [4.78, 5) is 5.66. The van der Waals surface area contributed by atoms with Crippen molar-refractivity contribution in [3.8, 4) is 0 Å². The Labute approximate surface area is 115 Å². The highest BCUT2D eigenvalue weighted by Gasteiger charge is 2.35. The Bertz CT molecular complexity index is 372. The highest BCUT2D eigenvalue weighted by atomic mass is 32.1. The third kappa shape index (κ3) is 2.79. The molecule has 3 heteroatoms. The number of nitrogens with zero attached hydrogens (tertiary/aromatic N) is 1. The summed E-state index contributed by atoms with van der Waals surface area (Å²) < 4.78 is 0. The molecule has 2 nitrogen and oxygen atoms in total. The van der Waals surface area contributed by atoms with Crippen LogP contribution in [0, 0.1) is 19.8 Å². The number of likely N-dealkylation sites (tertiary alicyclic amines) is 1. The van der Waals surface area contributed by atoms with Gasteiger partial charge in [-0.1, -0.05) is 6.92 Å². The topological polar surface area (TPSA) is 15.3 Å². The third-order valence-electron chi connectivity index (χ3n) is 4.00. The van der Waals surface area contributed by atoms with Gasteiger partial charge < -0.3 is 5.32 Å². The first-order valence-electron chi connectivity index (χ1n) is 7.13. The number of hydrogen-bond donors (Lipinski definition) is 1. The molecule has 1 N–H and O–H groups in total. The Morgan fingerprint density at radius 3 is 2.78 bits per heavy atom. The Hall–Kier alpha value is -0.380. The molecule has 0 aromatic carbocycles. The Balaban J connectivity index is 2.25. The van der Waals surface area contributed by atoms with Crippen LogP contribution in [0.5, 0.6) is 0 Å². The summed E-state index contributed by atoms with van der Waals surface area (Å²) in [5.74, 6) is 0.772. The van der Waals surface area contributed by atoms with E-state index in [0.717, 1.165) is 12.5 Å². The Kier molecular flexibility index (Phi) is 4.82. The van der Waals surface area contributed by atoms with Gasteiger partial charge in [-0.05, 0) is 70.9 Å². The first-order chi connectivity index (χ1) is 8.67. The van der Waals surface area contributed by atoms with Crippen LogP contribution in [-0.4, -0.2) is 31.6 Å². The number of rotatable bonds is 5. The molecule has 18 heavy (non-hydrogen) atoms. The van der Waals surface area contributed by atoms with E-state index in [9.17, 15) is 0 Å². The molecule has 2 heterocycles. The smallest absolute Gasteiger partial charge is 0.0399 e. The fourth-order valence-electron chi connectivity index (χ4n) is 3.34. The average molecular weight is 266 g/mol. The molecule has 0 bridgehead atoms. The van der Waals surface area contributed by atoms with Crippen LogP contribution in [0.4, 0.5) is 0 Å². The molecule has 102 valence electrons. The summed E-state index contributed by atoms with van der Waals surface area (Å²) in [5.41, 5.74) is 1.59. The van der Waals surface area contributed by atoms with Crippen LogP contribution in [0.2, 0.25) is 0 Å². The zero-order chi connectivity index (χ0) is 13.1. The highest BCUT2D eigenvalue weighted by molar-refractivity contribution is 7.12. The maximum absolute atomic E-state index is 3.38. The van der Waals surface area contributed by atoms with E-state index in [4.69, 9.17) is 0 Å². The van der Waals surface area contributed by atoms with Crippen molar-refractivity contribution in [1.82, 2.24) is 10.2 Å². The minimum Gasteiger partial charge on any atom is -0.319 e. The maximum atomic E-state index is 3.38. The molecule has 1 aliphatic rings. The number of aryl methyl sites for hydroxylation is 2. The summed E-state index contributed by atoms with van der Waals surface area (Å²) in [6, 6.07) is 3.06.